The molecule has 0 aromatic carbocycles. The summed E-state index contributed by atoms with van der Waals surface area (Å²) in [6.45, 7) is 2.44. The van der Waals surface area contributed by atoms with Crippen molar-refractivity contribution in [3.8, 4) is 0 Å². The molecule has 100 valence electrons. The smallest absolute Gasteiger partial charge is 0.230 e. The van der Waals surface area contributed by atoms with Crippen LogP contribution in [-0.4, -0.2) is 34.3 Å². The predicted octanol–water partition coefficient (Wildman–Crippen LogP) is 1.34. The van der Waals surface area contributed by atoms with E-state index in [4.69, 9.17) is 0 Å². The van der Waals surface area contributed by atoms with Crippen LogP contribution in [0, 0.1) is 12.8 Å². The van der Waals surface area contributed by atoms with Crippen LogP contribution in [0.2, 0.25) is 0 Å². The van der Waals surface area contributed by atoms with Gasteiger partial charge in [0.25, 0.3) is 0 Å². The van der Waals surface area contributed by atoms with Gasteiger partial charge in [0.2, 0.25) is 11.8 Å². The van der Waals surface area contributed by atoms with Crippen molar-refractivity contribution in [3.05, 3.63) is 23.9 Å². The fourth-order valence-corrected chi connectivity index (χ4v) is 2.49. The summed E-state index contributed by atoms with van der Waals surface area (Å²) in [5.41, 5.74) is 0.861. The Labute approximate surface area is 112 Å². The molecule has 2 aliphatic rings. The molecule has 0 radical (unpaired) electrons. The summed E-state index contributed by atoms with van der Waals surface area (Å²) in [6, 6.07) is 5.89. The van der Waals surface area contributed by atoms with Gasteiger partial charge in [-0.05, 0) is 31.9 Å². The number of aryl methyl sites for hydroxylation is 1. The molecule has 5 nitrogen and oxygen atoms in total. The molecule has 1 aliphatic carbocycles. The lowest BCUT2D eigenvalue weighted by Crippen LogP contribution is -2.30. The standard InChI is InChI=1S/C14H17N3O2/c1-9-3-2-4-12(15-9)16-14(19)10-7-13(18)17(8-10)11-5-6-11/h2-4,10-11H,5-8H2,1H3,(H,15,16,19). The fourth-order valence-electron chi connectivity index (χ4n) is 2.49. The molecule has 2 fully saturated rings. The Hall–Kier alpha value is -1.91. The Balaban J connectivity index is 1.63. The van der Waals surface area contributed by atoms with Crippen LogP contribution in [0.4, 0.5) is 5.82 Å². The quantitative estimate of drug-likeness (QED) is 0.891. The number of amides is 2. The number of nitrogens with zero attached hydrogens (tertiary/aromatic N) is 2. The zero-order valence-electron chi connectivity index (χ0n) is 10.9. The third-order valence-electron chi connectivity index (χ3n) is 3.66. The Kier molecular flexibility index (Phi) is 2.97. The van der Waals surface area contributed by atoms with E-state index < -0.39 is 0 Å². The lowest BCUT2D eigenvalue weighted by atomic mass is 10.1. The van der Waals surface area contributed by atoms with Gasteiger partial charge in [0.05, 0.1) is 5.92 Å². The maximum atomic E-state index is 12.1. The molecule has 1 N–H and O–H groups in total. The van der Waals surface area contributed by atoms with E-state index in [0.29, 0.717) is 24.8 Å². The minimum atomic E-state index is -0.240. The van der Waals surface area contributed by atoms with Gasteiger partial charge in [-0.1, -0.05) is 6.07 Å². The summed E-state index contributed by atoms with van der Waals surface area (Å²) in [5, 5.41) is 2.80. The first-order chi connectivity index (χ1) is 9.13. The van der Waals surface area contributed by atoms with E-state index in [-0.39, 0.29) is 17.7 Å². The van der Waals surface area contributed by atoms with Crippen molar-refractivity contribution in [2.24, 2.45) is 5.92 Å². The third-order valence-corrected chi connectivity index (χ3v) is 3.66. The zero-order chi connectivity index (χ0) is 13.4. The number of hydrogen-bond acceptors (Lipinski definition) is 3. The summed E-state index contributed by atoms with van der Waals surface area (Å²) in [4.78, 5) is 30.0. The molecule has 3 rings (SSSR count). The van der Waals surface area contributed by atoms with Crippen LogP contribution < -0.4 is 5.32 Å². The van der Waals surface area contributed by atoms with Crippen molar-refractivity contribution in [1.82, 2.24) is 9.88 Å². The first-order valence-corrected chi connectivity index (χ1v) is 6.67. The van der Waals surface area contributed by atoms with E-state index in [0.717, 1.165) is 18.5 Å². The van der Waals surface area contributed by atoms with Crippen molar-refractivity contribution in [3.63, 3.8) is 0 Å². The molecule has 2 amide bonds. The van der Waals surface area contributed by atoms with Gasteiger partial charge in [0.15, 0.2) is 0 Å². The Morgan fingerprint density at radius 2 is 2.21 bits per heavy atom. The lowest BCUT2D eigenvalue weighted by molar-refractivity contribution is -0.128. The maximum absolute atomic E-state index is 12.1. The summed E-state index contributed by atoms with van der Waals surface area (Å²) in [7, 11) is 0. The lowest BCUT2D eigenvalue weighted by Gasteiger charge is -2.15. The monoisotopic (exact) mass is 259 g/mol. The van der Waals surface area contributed by atoms with Crippen LogP contribution >= 0.6 is 0 Å². The average molecular weight is 259 g/mol. The van der Waals surface area contributed by atoms with Crippen LogP contribution in [0.5, 0.6) is 0 Å². The first-order valence-electron chi connectivity index (χ1n) is 6.67. The van der Waals surface area contributed by atoms with E-state index >= 15 is 0 Å². The SMILES string of the molecule is Cc1cccc(NC(=O)C2CC(=O)N(C3CC3)C2)n1. The number of hydrogen-bond donors (Lipinski definition) is 1. The zero-order valence-corrected chi connectivity index (χ0v) is 10.9. The molecule has 1 unspecified atom stereocenters. The van der Waals surface area contributed by atoms with Crippen molar-refractivity contribution < 1.29 is 9.59 Å². The molecule has 5 heteroatoms. The minimum Gasteiger partial charge on any atom is -0.339 e. The highest BCUT2D eigenvalue weighted by molar-refractivity contribution is 5.96. The molecule has 1 atom stereocenters. The van der Waals surface area contributed by atoms with E-state index in [1.54, 1.807) is 6.07 Å². The summed E-state index contributed by atoms with van der Waals surface area (Å²) >= 11 is 0. The van der Waals surface area contributed by atoms with Gasteiger partial charge in [-0.3, -0.25) is 9.59 Å². The summed E-state index contributed by atoms with van der Waals surface area (Å²) in [6.07, 6.45) is 2.49. The van der Waals surface area contributed by atoms with Crippen LogP contribution in [0.15, 0.2) is 18.2 Å². The number of carbonyl (C=O) groups is 2. The number of pyridine rings is 1. The number of carbonyl (C=O) groups excluding carboxylic acids is 2. The molecule has 1 saturated carbocycles. The predicted molar refractivity (Wildman–Crippen MR) is 70.4 cm³/mol. The van der Waals surface area contributed by atoms with Gasteiger partial charge in [0, 0.05) is 24.7 Å². The number of aromatic nitrogens is 1. The van der Waals surface area contributed by atoms with E-state index in [2.05, 4.69) is 10.3 Å². The van der Waals surface area contributed by atoms with E-state index in [1.165, 1.54) is 0 Å². The molecule has 0 spiro atoms. The Bertz CT molecular complexity index is 525. The van der Waals surface area contributed by atoms with Crippen molar-refractivity contribution >= 4 is 17.6 Å². The van der Waals surface area contributed by atoms with Crippen LogP contribution in [-0.2, 0) is 9.59 Å². The van der Waals surface area contributed by atoms with Crippen LogP contribution in [0.1, 0.15) is 25.0 Å². The van der Waals surface area contributed by atoms with Crippen molar-refractivity contribution in [2.75, 3.05) is 11.9 Å². The molecule has 1 aromatic heterocycles. The second-order valence-corrected chi connectivity index (χ2v) is 5.33. The fraction of sp³-hybridized carbons (Fsp3) is 0.500. The highest BCUT2D eigenvalue weighted by Crippen LogP contribution is 2.32. The van der Waals surface area contributed by atoms with Gasteiger partial charge in [0.1, 0.15) is 5.82 Å². The van der Waals surface area contributed by atoms with Gasteiger partial charge in [-0.2, -0.15) is 0 Å². The molecule has 1 saturated heterocycles. The third kappa shape index (κ3) is 2.59. The van der Waals surface area contributed by atoms with E-state index in [1.807, 2.05) is 24.0 Å². The highest BCUT2D eigenvalue weighted by atomic mass is 16.2. The van der Waals surface area contributed by atoms with Gasteiger partial charge in [-0.25, -0.2) is 4.98 Å². The van der Waals surface area contributed by atoms with Crippen molar-refractivity contribution in [1.29, 1.82) is 0 Å². The second-order valence-electron chi connectivity index (χ2n) is 5.33. The molecular weight excluding hydrogens is 242 g/mol. The number of rotatable bonds is 3. The maximum Gasteiger partial charge on any atom is 0.230 e. The van der Waals surface area contributed by atoms with Gasteiger partial charge >= 0.3 is 0 Å². The number of likely N-dealkylation sites (tertiary alicyclic amines) is 1. The summed E-state index contributed by atoms with van der Waals surface area (Å²) < 4.78 is 0. The van der Waals surface area contributed by atoms with Crippen molar-refractivity contribution in [2.45, 2.75) is 32.2 Å². The van der Waals surface area contributed by atoms with Crippen LogP contribution in [0.3, 0.4) is 0 Å². The average Bonchev–Trinajstić information content (AvgIpc) is 3.12. The Morgan fingerprint density at radius 3 is 2.89 bits per heavy atom. The van der Waals surface area contributed by atoms with Gasteiger partial charge < -0.3 is 10.2 Å². The van der Waals surface area contributed by atoms with Crippen LogP contribution in [0.25, 0.3) is 0 Å². The minimum absolute atomic E-state index is 0.102. The number of anilines is 1. The molecule has 0 bridgehead atoms. The first kappa shape index (κ1) is 12.1. The second kappa shape index (κ2) is 4.64. The highest BCUT2D eigenvalue weighted by Gasteiger charge is 2.41. The normalized spacial score (nSPS) is 22.7. The number of nitrogens with one attached hydrogen (secondary N) is 1. The molecule has 19 heavy (non-hydrogen) atoms. The molecular formula is C14H17N3O2. The molecule has 1 aliphatic heterocycles. The Morgan fingerprint density at radius 1 is 1.42 bits per heavy atom. The molecule has 1 aromatic rings. The summed E-state index contributed by atoms with van der Waals surface area (Å²) in [5.74, 6) is 0.326. The van der Waals surface area contributed by atoms with Gasteiger partial charge in [-0.15, -0.1) is 0 Å². The molecule has 2 heterocycles. The topological polar surface area (TPSA) is 62.3 Å². The van der Waals surface area contributed by atoms with E-state index in [9.17, 15) is 9.59 Å². The largest absolute Gasteiger partial charge is 0.339 e.